The zero-order valence-electron chi connectivity index (χ0n) is 11.9. The maximum atomic E-state index is 12.7. The van der Waals surface area contributed by atoms with Gasteiger partial charge in [-0.3, -0.25) is 19.7 Å². The number of nitrogens with zero attached hydrogens (tertiary/aromatic N) is 2. The zero-order valence-corrected chi connectivity index (χ0v) is 11.9. The minimum absolute atomic E-state index is 0.112. The van der Waals surface area contributed by atoms with E-state index in [4.69, 9.17) is 0 Å². The average molecular weight is 298 g/mol. The minimum Gasteiger partial charge on any atom is -0.274 e. The molecule has 112 valence electrons. The molecule has 0 radical (unpaired) electrons. The standard InChI is InChI=1S/C16H14N2O4/c1-8-2-5-11(18(21)22)7-12(8)17-15(19)13-9-3-4-10(6-9)14(13)16(17)20/h2-5,7,9-10,13-14H,6H2,1H3/t9-,10+,13-,14+. The first-order valence-electron chi connectivity index (χ1n) is 7.30. The van der Waals surface area contributed by atoms with Gasteiger partial charge in [0.25, 0.3) is 5.69 Å². The summed E-state index contributed by atoms with van der Waals surface area (Å²) in [4.78, 5) is 37.1. The number of nitro benzene ring substituents is 1. The molecule has 4 rings (SSSR count). The molecule has 0 spiro atoms. The Morgan fingerprint density at radius 2 is 1.73 bits per heavy atom. The number of non-ortho nitro benzene ring substituents is 1. The fraction of sp³-hybridized carbons (Fsp3) is 0.375. The molecule has 1 aromatic carbocycles. The smallest absolute Gasteiger partial charge is 0.271 e. The molecule has 6 nitrogen and oxygen atoms in total. The highest BCUT2D eigenvalue weighted by Crippen LogP contribution is 2.53. The second-order valence-corrected chi connectivity index (χ2v) is 6.24. The number of fused-ring (bicyclic) bond motifs is 5. The van der Waals surface area contributed by atoms with Crippen LogP contribution in [0.3, 0.4) is 0 Å². The molecule has 1 aliphatic heterocycles. The highest BCUT2D eigenvalue weighted by Gasteiger charge is 2.59. The topological polar surface area (TPSA) is 80.5 Å². The Bertz CT molecular complexity index is 725. The van der Waals surface area contributed by atoms with Crippen molar-refractivity contribution in [2.24, 2.45) is 23.7 Å². The largest absolute Gasteiger partial charge is 0.274 e. The number of hydrogen-bond donors (Lipinski definition) is 0. The molecule has 1 saturated carbocycles. The fourth-order valence-electron chi connectivity index (χ4n) is 4.09. The Balaban J connectivity index is 1.79. The summed E-state index contributed by atoms with van der Waals surface area (Å²) in [5, 5.41) is 11.0. The summed E-state index contributed by atoms with van der Waals surface area (Å²) in [6.45, 7) is 1.75. The number of allylic oxidation sites excluding steroid dienone is 2. The van der Waals surface area contributed by atoms with Crippen molar-refractivity contribution in [1.82, 2.24) is 0 Å². The monoisotopic (exact) mass is 298 g/mol. The Morgan fingerprint density at radius 3 is 2.27 bits per heavy atom. The summed E-state index contributed by atoms with van der Waals surface area (Å²) in [6, 6.07) is 4.28. The number of carbonyl (C=O) groups excluding carboxylic acids is 2. The van der Waals surface area contributed by atoms with Crippen LogP contribution in [-0.4, -0.2) is 16.7 Å². The van der Waals surface area contributed by atoms with Gasteiger partial charge in [-0.15, -0.1) is 0 Å². The summed E-state index contributed by atoms with van der Waals surface area (Å²) in [7, 11) is 0. The van der Waals surface area contributed by atoms with E-state index in [-0.39, 0.29) is 41.2 Å². The summed E-state index contributed by atoms with van der Waals surface area (Å²) in [5.74, 6) is -0.737. The van der Waals surface area contributed by atoms with Crippen molar-refractivity contribution in [3.05, 3.63) is 46.0 Å². The van der Waals surface area contributed by atoms with E-state index in [1.165, 1.54) is 17.0 Å². The molecular formula is C16H14N2O4. The molecule has 2 fully saturated rings. The highest BCUT2D eigenvalue weighted by atomic mass is 16.6. The van der Waals surface area contributed by atoms with Gasteiger partial charge in [-0.05, 0) is 30.7 Å². The number of carbonyl (C=O) groups is 2. The van der Waals surface area contributed by atoms with Crippen LogP contribution in [0.2, 0.25) is 0 Å². The number of amides is 2. The van der Waals surface area contributed by atoms with Gasteiger partial charge < -0.3 is 0 Å². The molecule has 0 aromatic heterocycles. The first-order chi connectivity index (χ1) is 10.5. The van der Waals surface area contributed by atoms with Gasteiger partial charge in [0.1, 0.15) is 0 Å². The molecule has 0 unspecified atom stereocenters. The van der Waals surface area contributed by atoms with Crippen LogP contribution in [0.4, 0.5) is 11.4 Å². The lowest BCUT2D eigenvalue weighted by molar-refractivity contribution is -0.384. The predicted octanol–water partition coefficient (Wildman–Crippen LogP) is 2.21. The molecule has 2 aliphatic carbocycles. The van der Waals surface area contributed by atoms with Crippen molar-refractivity contribution in [2.45, 2.75) is 13.3 Å². The molecule has 6 heteroatoms. The lowest BCUT2D eigenvalue weighted by Gasteiger charge is -2.19. The van der Waals surface area contributed by atoms with E-state index in [1.54, 1.807) is 13.0 Å². The molecule has 1 aromatic rings. The molecule has 1 saturated heterocycles. The lowest BCUT2D eigenvalue weighted by atomic mass is 9.85. The van der Waals surface area contributed by atoms with Crippen molar-refractivity contribution in [3.8, 4) is 0 Å². The van der Waals surface area contributed by atoms with E-state index in [0.717, 1.165) is 6.42 Å². The number of imide groups is 1. The SMILES string of the molecule is Cc1ccc([N+](=O)[O-])cc1N1C(=O)[C@@H]2[C@H](C1=O)[C@@H]1C=C[C@H]2C1. The third-order valence-electron chi connectivity index (χ3n) is 5.11. The predicted molar refractivity (Wildman–Crippen MR) is 78.0 cm³/mol. The van der Waals surface area contributed by atoms with E-state index in [1.807, 2.05) is 12.2 Å². The summed E-state index contributed by atoms with van der Waals surface area (Å²) < 4.78 is 0. The number of nitro groups is 1. The van der Waals surface area contributed by atoms with E-state index in [9.17, 15) is 19.7 Å². The lowest BCUT2D eigenvalue weighted by Crippen LogP contribution is -2.33. The Labute approximate surface area is 126 Å². The van der Waals surface area contributed by atoms with Gasteiger partial charge in [0, 0.05) is 12.1 Å². The van der Waals surface area contributed by atoms with E-state index in [2.05, 4.69) is 0 Å². The molecule has 2 amide bonds. The molecule has 1 heterocycles. The van der Waals surface area contributed by atoms with Crippen LogP contribution in [0.5, 0.6) is 0 Å². The van der Waals surface area contributed by atoms with Crippen LogP contribution >= 0.6 is 0 Å². The maximum Gasteiger partial charge on any atom is 0.271 e. The van der Waals surface area contributed by atoms with E-state index < -0.39 is 4.92 Å². The van der Waals surface area contributed by atoms with Crippen molar-refractivity contribution in [2.75, 3.05) is 4.90 Å². The molecule has 2 bridgehead atoms. The van der Waals surface area contributed by atoms with Gasteiger partial charge in [0.15, 0.2) is 0 Å². The average Bonchev–Trinajstić information content (AvgIpc) is 3.14. The molecular weight excluding hydrogens is 284 g/mol. The zero-order chi connectivity index (χ0) is 15.6. The van der Waals surface area contributed by atoms with E-state index >= 15 is 0 Å². The summed E-state index contributed by atoms with van der Waals surface area (Å²) in [5.41, 5.74) is 0.921. The Kier molecular flexibility index (Phi) is 2.55. The molecule has 3 aliphatic rings. The molecule has 4 atom stereocenters. The first-order valence-corrected chi connectivity index (χ1v) is 7.30. The van der Waals surface area contributed by atoms with Crippen LogP contribution in [0.15, 0.2) is 30.4 Å². The van der Waals surface area contributed by atoms with Crippen molar-refractivity contribution < 1.29 is 14.5 Å². The fourth-order valence-corrected chi connectivity index (χ4v) is 4.09. The molecule has 0 N–H and O–H groups in total. The first kappa shape index (κ1) is 13.2. The quantitative estimate of drug-likeness (QED) is 0.363. The Morgan fingerprint density at radius 1 is 1.14 bits per heavy atom. The number of rotatable bonds is 2. The van der Waals surface area contributed by atoms with Crippen LogP contribution in [0.1, 0.15) is 12.0 Å². The van der Waals surface area contributed by atoms with Crippen LogP contribution in [0.25, 0.3) is 0 Å². The maximum absolute atomic E-state index is 12.7. The van der Waals surface area contributed by atoms with Gasteiger partial charge >= 0.3 is 0 Å². The third-order valence-corrected chi connectivity index (χ3v) is 5.11. The van der Waals surface area contributed by atoms with Gasteiger partial charge in [-0.25, -0.2) is 4.90 Å². The van der Waals surface area contributed by atoms with Gasteiger partial charge in [0.05, 0.1) is 22.4 Å². The number of anilines is 1. The van der Waals surface area contributed by atoms with Crippen molar-refractivity contribution in [1.29, 1.82) is 0 Å². The minimum atomic E-state index is -0.514. The number of benzene rings is 1. The van der Waals surface area contributed by atoms with Crippen LogP contribution in [0, 0.1) is 40.7 Å². The van der Waals surface area contributed by atoms with Crippen LogP contribution < -0.4 is 4.90 Å². The normalized spacial score (nSPS) is 32.0. The number of aryl methyl sites for hydroxylation is 1. The summed E-state index contributed by atoms with van der Waals surface area (Å²) in [6.07, 6.45) is 4.93. The second kappa shape index (κ2) is 4.25. The van der Waals surface area contributed by atoms with E-state index in [0.29, 0.717) is 11.3 Å². The number of hydrogen-bond acceptors (Lipinski definition) is 4. The summed E-state index contributed by atoms with van der Waals surface area (Å²) >= 11 is 0. The second-order valence-electron chi connectivity index (χ2n) is 6.24. The van der Waals surface area contributed by atoms with Gasteiger partial charge in [-0.1, -0.05) is 18.2 Å². The molecule has 22 heavy (non-hydrogen) atoms. The third kappa shape index (κ3) is 1.55. The van der Waals surface area contributed by atoms with Crippen molar-refractivity contribution in [3.63, 3.8) is 0 Å². The Hall–Kier alpha value is -2.50. The van der Waals surface area contributed by atoms with Gasteiger partial charge in [-0.2, -0.15) is 0 Å². The van der Waals surface area contributed by atoms with Gasteiger partial charge in [0.2, 0.25) is 11.8 Å². The van der Waals surface area contributed by atoms with Crippen LogP contribution in [-0.2, 0) is 9.59 Å². The highest BCUT2D eigenvalue weighted by molar-refractivity contribution is 6.23. The van der Waals surface area contributed by atoms with Crippen molar-refractivity contribution >= 4 is 23.2 Å².